The number of anilines is 1. The summed E-state index contributed by atoms with van der Waals surface area (Å²) in [7, 11) is 0. The van der Waals surface area contributed by atoms with Gasteiger partial charge in [-0.15, -0.1) is 0 Å². The lowest BCUT2D eigenvalue weighted by Gasteiger charge is -2.20. The summed E-state index contributed by atoms with van der Waals surface area (Å²) in [6.45, 7) is 0.399. The van der Waals surface area contributed by atoms with Gasteiger partial charge >= 0.3 is 0 Å². The molecule has 1 saturated carbocycles. The van der Waals surface area contributed by atoms with Gasteiger partial charge in [0, 0.05) is 24.1 Å². The summed E-state index contributed by atoms with van der Waals surface area (Å²) in [6.07, 6.45) is 5.30. The second-order valence-corrected chi connectivity index (χ2v) is 6.83. The molecule has 4 nitrogen and oxygen atoms in total. The van der Waals surface area contributed by atoms with Crippen LogP contribution in [0.4, 0.5) is 14.5 Å². The lowest BCUT2D eigenvalue weighted by Crippen LogP contribution is -2.31. The van der Waals surface area contributed by atoms with Gasteiger partial charge in [0.25, 0.3) is 5.91 Å². The normalized spacial score (nSPS) is 14.6. The van der Waals surface area contributed by atoms with Crippen molar-refractivity contribution in [2.45, 2.75) is 38.6 Å². The van der Waals surface area contributed by atoms with Gasteiger partial charge in [-0.25, -0.2) is 8.78 Å². The second kappa shape index (κ2) is 8.75. The molecule has 2 aromatic rings. The van der Waals surface area contributed by atoms with Crippen molar-refractivity contribution in [2.24, 2.45) is 5.92 Å². The minimum absolute atomic E-state index is 0.0816. The quantitative estimate of drug-likeness (QED) is 0.817. The predicted octanol–water partition coefficient (Wildman–Crippen LogP) is 4.41. The third-order valence-corrected chi connectivity index (χ3v) is 4.84. The van der Waals surface area contributed by atoms with Gasteiger partial charge in [0.1, 0.15) is 11.6 Å². The molecule has 2 amide bonds. The van der Waals surface area contributed by atoms with E-state index in [1.54, 1.807) is 24.3 Å². The fourth-order valence-corrected chi connectivity index (χ4v) is 3.26. The molecule has 3 rings (SSSR count). The fraction of sp³-hybridized carbons (Fsp3) is 0.333. The summed E-state index contributed by atoms with van der Waals surface area (Å²) >= 11 is 0. The third kappa shape index (κ3) is 5.12. The van der Waals surface area contributed by atoms with E-state index in [0.717, 1.165) is 49.4 Å². The van der Waals surface area contributed by atoms with Crippen LogP contribution in [0.5, 0.6) is 0 Å². The number of nitrogens with one attached hydrogen (secondary N) is 2. The SMILES string of the molecule is O=C(Nc1cc(F)ccc1F)c1ccc(CNC(=O)C2CCCCC2)cc1. The zero-order valence-corrected chi connectivity index (χ0v) is 14.9. The molecule has 2 aromatic carbocycles. The summed E-state index contributed by atoms with van der Waals surface area (Å²) in [6, 6.07) is 9.53. The van der Waals surface area contributed by atoms with Crippen LogP contribution in [0.25, 0.3) is 0 Å². The Morgan fingerprint density at radius 2 is 1.67 bits per heavy atom. The van der Waals surface area contributed by atoms with Crippen LogP contribution >= 0.6 is 0 Å². The van der Waals surface area contributed by atoms with Crippen molar-refractivity contribution < 1.29 is 18.4 Å². The molecule has 0 heterocycles. The first-order valence-corrected chi connectivity index (χ1v) is 9.16. The number of hydrogen-bond acceptors (Lipinski definition) is 2. The van der Waals surface area contributed by atoms with E-state index < -0.39 is 17.5 Å². The van der Waals surface area contributed by atoms with E-state index in [-0.39, 0.29) is 17.5 Å². The molecule has 0 bridgehead atoms. The molecular weight excluding hydrogens is 350 g/mol. The van der Waals surface area contributed by atoms with Gasteiger partial charge in [-0.2, -0.15) is 0 Å². The third-order valence-electron chi connectivity index (χ3n) is 4.84. The highest BCUT2D eigenvalue weighted by Gasteiger charge is 2.20. The maximum atomic E-state index is 13.6. The van der Waals surface area contributed by atoms with Gasteiger partial charge in [-0.3, -0.25) is 9.59 Å². The molecule has 6 heteroatoms. The summed E-state index contributed by atoms with van der Waals surface area (Å²) in [5.41, 5.74) is 0.984. The molecule has 0 unspecified atom stereocenters. The van der Waals surface area contributed by atoms with Crippen LogP contribution in [0.15, 0.2) is 42.5 Å². The molecule has 0 aromatic heterocycles. The average Bonchev–Trinajstić information content (AvgIpc) is 2.70. The number of carbonyl (C=O) groups excluding carboxylic acids is 2. The molecule has 2 N–H and O–H groups in total. The maximum Gasteiger partial charge on any atom is 0.255 e. The molecule has 1 fully saturated rings. The molecule has 27 heavy (non-hydrogen) atoms. The first-order valence-electron chi connectivity index (χ1n) is 9.16. The molecule has 0 atom stereocenters. The van der Waals surface area contributed by atoms with Gasteiger partial charge in [0.15, 0.2) is 0 Å². The molecule has 142 valence electrons. The Balaban J connectivity index is 1.55. The molecule has 0 radical (unpaired) electrons. The Bertz CT molecular complexity index is 815. The van der Waals surface area contributed by atoms with Gasteiger partial charge in [0.2, 0.25) is 5.91 Å². The summed E-state index contributed by atoms with van der Waals surface area (Å²) in [5.74, 6) is -1.68. The molecule has 0 saturated heterocycles. The van der Waals surface area contributed by atoms with Crippen molar-refractivity contribution in [3.63, 3.8) is 0 Å². The highest BCUT2D eigenvalue weighted by atomic mass is 19.1. The number of benzene rings is 2. The lowest BCUT2D eigenvalue weighted by molar-refractivity contribution is -0.126. The fourth-order valence-electron chi connectivity index (χ4n) is 3.26. The standard InChI is InChI=1S/C21H22F2N2O2/c22-17-10-11-18(23)19(12-17)25-21(27)16-8-6-14(7-9-16)13-24-20(26)15-4-2-1-3-5-15/h6-12,15H,1-5,13H2,(H,24,26)(H,25,27). The topological polar surface area (TPSA) is 58.2 Å². The van der Waals surface area contributed by atoms with Gasteiger partial charge < -0.3 is 10.6 Å². The van der Waals surface area contributed by atoms with E-state index in [1.165, 1.54) is 6.42 Å². The second-order valence-electron chi connectivity index (χ2n) is 6.83. The van der Waals surface area contributed by atoms with E-state index >= 15 is 0 Å². The Morgan fingerprint density at radius 1 is 0.963 bits per heavy atom. The highest BCUT2D eigenvalue weighted by Crippen LogP contribution is 2.23. The van der Waals surface area contributed by atoms with Gasteiger partial charge in [-0.1, -0.05) is 31.4 Å². The Morgan fingerprint density at radius 3 is 2.37 bits per heavy atom. The average molecular weight is 372 g/mol. The van der Waals surface area contributed by atoms with Gasteiger partial charge in [-0.05, 0) is 42.7 Å². The number of halogens is 2. The number of carbonyl (C=O) groups is 2. The van der Waals surface area contributed by atoms with Gasteiger partial charge in [0.05, 0.1) is 5.69 Å². The molecule has 1 aliphatic carbocycles. The van der Waals surface area contributed by atoms with Crippen LogP contribution in [0, 0.1) is 17.6 Å². The molecular formula is C21H22F2N2O2. The highest BCUT2D eigenvalue weighted by molar-refractivity contribution is 6.04. The van der Waals surface area contributed by atoms with Crippen molar-refractivity contribution in [2.75, 3.05) is 5.32 Å². The van der Waals surface area contributed by atoms with Crippen molar-refractivity contribution in [3.05, 3.63) is 65.2 Å². The number of amides is 2. The van der Waals surface area contributed by atoms with E-state index in [4.69, 9.17) is 0 Å². The molecule has 0 aliphatic heterocycles. The van der Waals surface area contributed by atoms with E-state index in [0.29, 0.717) is 12.1 Å². The van der Waals surface area contributed by atoms with E-state index in [1.807, 2.05) is 0 Å². The van der Waals surface area contributed by atoms with Crippen LogP contribution in [-0.2, 0) is 11.3 Å². The summed E-state index contributed by atoms with van der Waals surface area (Å²) in [5, 5.41) is 5.30. The Labute approximate surface area is 157 Å². The van der Waals surface area contributed by atoms with Crippen molar-refractivity contribution in [1.29, 1.82) is 0 Å². The van der Waals surface area contributed by atoms with Crippen LogP contribution in [0.3, 0.4) is 0 Å². The van der Waals surface area contributed by atoms with Crippen LogP contribution in [0.2, 0.25) is 0 Å². The maximum absolute atomic E-state index is 13.6. The van der Waals surface area contributed by atoms with Crippen LogP contribution in [-0.4, -0.2) is 11.8 Å². The van der Waals surface area contributed by atoms with E-state index in [9.17, 15) is 18.4 Å². The summed E-state index contributed by atoms with van der Waals surface area (Å²) < 4.78 is 26.8. The summed E-state index contributed by atoms with van der Waals surface area (Å²) in [4.78, 5) is 24.4. The Hall–Kier alpha value is -2.76. The first kappa shape index (κ1) is 19.0. The smallest absolute Gasteiger partial charge is 0.255 e. The first-order chi connectivity index (χ1) is 13.0. The largest absolute Gasteiger partial charge is 0.352 e. The number of hydrogen-bond donors (Lipinski definition) is 2. The zero-order valence-electron chi connectivity index (χ0n) is 14.9. The number of rotatable bonds is 5. The van der Waals surface area contributed by atoms with Crippen molar-refractivity contribution >= 4 is 17.5 Å². The molecule has 0 spiro atoms. The van der Waals surface area contributed by atoms with Crippen LogP contribution < -0.4 is 10.6 Å². The molecule has 1 aliphatic rings. The lowest BCUT2D eigenvalue weighted by atomic mass is 9.88. The monoisotopic (exact) mass is 372 g/mol. The predicted molar refractivity (Wildman–Crippen MR) is 99.2 cm³/mol. The van der Waals surface area contributed by atoms with Crippen molar-refractivity contribution in [3.8, 4) is 0 Å². The van der Waals surface area contributed by atoms with E-state index in [2.05, 4.69) is 10.6 Å². The minimum Gasteiger partial charge on any atom is -0.352 e. The van der Waals surface area contributed by atoms with Crippen molar-refractivity contribution in [1.82, 2.24) is 5.32 Å². The zero-order chi connectivity index (χ0) is 19.2. The minimum atomic E-state index is -0.702. The van der Waals surface area contributed by atoms with Crippen LogP contribution in [0.1, 0.15) is 48.0 Å². The Kier molecular flexibility index (Phi) is 6.16.